The molecule has 0 aliphatic carbocycles. The minimum Gasteiger partial charge on any atom is -0.322 e. The summed E-state index contributed by atoms with van der Waals surface area (Å²) in [6, 6.07) is 0.0122. The van der Waals surface area contributed by atoms with Crippen molar-refractivity contribution < 1.29 is 9.59 Å². The van der Waals surface area contributed by atoms with Gasteiger partial charge in [-0.25, -0.2) is 4.79 Å². The Labute approximate surface area is 96.6 Å². The van der Waals surface area contributed by atoms with E-state index in [0.29, 0.717) is 19.0 Å². The topological polar surface area (TPSA) is 61.4 Å². The maximum atomic E-state index is 11.8. The van der Waals surface area contributed by atoms with Crippen LogP contribution in [0.5, 0.6) is 0 Å². The maximum absolute atomic E-state index is 11.8. The fourth-order valence-corrected chi connectivity index (χ4v) is 1.89. The fraction of sp³-hybridized carbons (Fsp3) is 0.818. The SMILES string of the molecule is CCC(C)N(C)CC1(CC)NC(=O)NC1=O. The molecule has 0 aromatic rings. The Kier molecular flexibility index (Phi) is 3.91. The van der Waals surface area contributed by atoms with Gasteiger partial charge in [0.1, 0.15) is 5.54 Å². The highest BCUT2D eigenvalue weighted by Crippen LogP contribution is 2.18. The van der Waals surface area contributed by atoms with E-state index in [-0.39, 0.29) is 11.9 Å². The van der Waals surface area contributed by atoms with Crippen molar-refractivity contribution in [3.63, 3.8) is 0 Å². The Morgan fingerprint density at radius 2 is 2.00 bits per heavy atom. The van der Waals surface area contributed by atoms with Crippen molar-refractivity contribution in [3.8, 4) is 0 Å². The monoisotopic (exact) mass is 227 g/mol. The van der Waals surface area contributed by atoms with Crippen LogP contribution in [0.3, 0.4) is 0 Å². The predicted octanol–water partition coefficient (Wildman–Crippen LogP) is 0.705. The molecule has 0 bridgehead atoms. The van der Waals surface area contributed by atoms with Gasteiger partial charge in [0.05, 0.1) is 0 Å². The molecule has 3 amide bonds. The van der Waals surface area contributed by atoms with Crippen molar-refractivity contribution in [2.24, 2.45) is 0 Å². The van der Waals surface area contributed by atoms with E-state index in [2.05, 4.69) is 29.4 Å². The first-order valence-corrected chi connectivity index (χ1v) is 5.79. The van der Waals surface area contributed by atoms with Crippen molar-refractivity contribution in [1.82, 2.24) is 15.5 Å². The number of urea groups is 1. The Hall–Kier alpha value is -1.10. The van der Waals surface area contributed by atoms with Gasteiger partial charge >= 0.3 is 6.03 Å². The summed E-state index contributed by atoms with van der Waals surface area (Å²) >= 11 is 0. The molecule has 2 unspecified atom stereocenters. The van der Waals surface area contributed by atoms with E-state index in [1.165, 1.54) is 0 Å². The predicted molar refractivity (Wildman–Crippen MR) is 62.1 cm³/mol. The second kappa shape index (κ2) is 4.82. The smallest absolute Gasteiger partial charge is 0.322 e. The third-order valence-electron chi connectivity index (χ3n) is 3.48. The van der Waals surface area contributed by atoms with Crippen LogP contribution in [0, 0.1) is 0 Å². The average molecular weight is 227 g/mol. The zero-order valence-corrected chi connectivity index (χ0v) is 10.5. The lowest BCUT2D eigenvalue weighted by Crippen LogP contribution is -2.55. The molecule has 2 atom stereocenters. The zero-order chi connectivity index (χ0) is 12.3. The van der Waals surface area contributed by atoms with Crippen LogP contribution in [0.1, 0.15) is 33.6 Å². The van der Waals surface area contributed by atoms with Gasteiger partial charge in [-0.1, -0.05) is 13.8 Å². The summed E-state index contributed by atoms with van der Waals surface area (Å²) in [6.07, 6.45) is 1.62. The van der Waals surface area contributed by atoms with E-state index < -0.39 is 5.54 Å². The number of likely N-dealkylation sites (N-methyl/N-ethyl adjacent to an activating group) is 1. The summed E-state index contributed by atoms with van der Waals surface area (Å²) < 4.78 is 0. The number of nitrogens with one attached hydrogen (secondary N) is 2. The minimum absolute atomic E-state index is 0.213. The van der Waals surface area contributed by atoms with Gasteiger partial charge in [-0.05, 0) is 26.8 Å². The summed E-state index contributed by atoms with van der Waals surface area (Å²) in [4.78, 5) is 25.1. The summed E-state index contributed by atoms with van der Waals surface area (Å²) in [5, 5.41) is 5.04. The van der Waals surface area contributed by atoms with E-state index in [9.17, 15) is 9.59 Å². The van der Waals surface area contributed by atoms with Crippen LogP contribution in [0.25, 0.3) is 0 Å². The van der Waals surface area contributed by atoms with Crippen LogP contribution in [-0.4, -0.2) is 42.0 Å². The number of rotatable bonds is 5. The van der Waals surface area contributed by atoms with Crippen LogP contribution < -0.4 is 10.6 Å². The van der Waals surface area contributed by atoms with Crippen LogP contribution in [0.2, 0.25) is 0 Å². The van der Waals surface area contributed by atoms with E-state index >= 15 is 0 Å². The number of hydrogen-bond acceptors (Lipinski definition) is 3. The molecule has 92 valence electrons. The maximum Gasteiger partial charge on any atom is 0.322 e. The van der Waals surface area contributed by atoms with Crippen LogP contribution >= 0.6 is 0 Å². The van der Waals surface area contributed by atoms with Crippen molar-refractivity contribution >= 4 is 11.9 Å². The van der Waals surface area contributed by atoms with Crippen LogP contribution in [0.15, 0.2) is 0 Å². The normalized spacial score (nSPS) is 26.8. The van der Waals surface area contributed by atoms with Gasteiger partial charge < -0.3 is 10.2 Å². The summed E-state index contributed by atoms with van der Waals surface area (Å²) in [5.74, 6) is -0.213. The summed E-state index contributed by atoms with van der Waals surface area (Å²) in [5.41, 5.74) is -0.755. The van der Waals surface area contributed by atoms with Gasteiger partial charge in [0, 0.05) is 12.6 Å². The first kappa shape index (κ1) is 13.0. The number of nitrogens with zero attached hydrogens (tertiary/aromatic N) is 1. The molecule has 1 aliphatic heterocycles. The molecular weight excluding hydrogens is 206 g/mol. The molecule has 0 spiro atoms. The number of imide groups is 1. The Morgan fingerprint density at radius 1 is 1.38 bits per heavy atom. The first-order valence-electron chi connectivity index (χ1n) is 5.79. The fourth-order valence-electron chi connectivity index (χ4n) is 1.89. The standard InChI is InChI=1S/C11H21N3O2/c1-5-8(3)14(4)7-11(6-2)9(15)12-10(16)13-11/h8H,5-7H2,1-4H3,(H2,12,13,15,16). The molecule has 5 nitrogen and oxygen atoms in total. The number of carbonyl (C=O) groups excluding carboxylic acids is 2. The van der Waals surface area contributed by atoms with E-state index in [1.807, 2.05) is 14.0 Å². The first-order chi connectivity index (χ1) is 7.45. The molecule has 0 saturated carbocycles. The van der Waals surface area contributed by atoms with Gasteiger partial charge in [0.25, 0.3) is 5.91 Å². The average Bonchev–Trinajstić information content (AvgIpc) is 2.53. The second-order valence-electron chi connectivity index (χ2n) is 4.52. The van der Waals surface area contributed by atoms with Crippen molar-refractivity contribution in [1.29, 1.82) is 0 Å². The van der Waals surface area contributed by atoms with E-state index in [0.717, 1.165) is 6.42 Å². The van der Waals surface area contributed by atoms with Gasteiger partial charge in [-0.2, -0.15) is 0 Å². The summed E-state index contributed by atoms with van der Waals surface area (Å²) in [7, 11) is 1.98. The minimum atomic E-state index is -0.755. The third-order valence-corrected chi connectivity index (χ3v) is 3.48. The highest BCUT2D eigenvalue weighted by molar-refractivity contribution is 6.07. The highest BCUT2D eigenvalue weighted by atomic mass is 16.2. The molecule has 1 fully saturated rings. The summed E-state index contributed by atoms with van der Waals surface area (Å²) in [6.45, 7) is 6.68. The Balaban J connectivity index is 2.75. The molecule has 5 heteroatoms. The lowest BCUT2D eigenvalue weighted by atomic mass is 9.95. The molecule has 1 heterocycles. The molecule has 1 rings (SSSR count). The van der Waals surface area contributed by atoms with Crippen LogP contribution in [0.4, 0.5) is 4.79 Å². The quantitative estimate of drug-likeness (QED) is 0.680. The molecule has 2 N–H and O–H groups in total. The molecule has 1 aliphatic rings. The van der Waals surface area contributed by atoms with Crippen LogP contribution in [-0.2, 0) is 4.79 Å². The van der Waals surface area contributed by atoms with Crippen molar-refractivity contribution in [2.75, 3.05) is 13.6 Å². The van der Waals surface area contributed by atoms with E-state index in [4.69, 9.17) is 0 Å². The Bertz CT molecular complexity index is 293. The molecular formula is C11H21N3O2. The second-order valence-corrected chi connectivity index (χ2v) is 4.52. The largest absolute Gasteiger partial charge is 0.322 e. The highest BCUT2D eigenvalue weighted by Gasteiger charge is 2.45. The molecule has 0 aromatic carbocycles. The third kappa shape index (κ3) is 2.35. The number of carbonyl (C=O) groups is 2. The van der Waals surface area contributed by atoms with E-state index in [1.54, 1.807) is 0 Å². The zero-order valence-electron chi connectivity index (χ0n) is 10.5. The van der Waals surface area contributed by atoms with Gasteiger partial charge in [0.2, 0.25) is 0 Å². The number of amides is 3. The van der Waals surface area contributed by atoms with Gasteiger partial charge in [-0.15, -0.1) is 0 Å². The van der Waals surface area contributed by atoms with Crippen molar-refractivity contribution in [2.45, 2.75) is 45.2 Å². The molecule has 0 aromatic heterocycles. The Morgan fingerprint density at radius 3 is 2.38 bits per heavy atom. The molecule has 1 saturated heterocycles. The van der Waals surface area contributed by atoms with Gasteiger partial charge in [0.15, 0.2) is 0 Å². The molecule has 16 heavy (non-hydrogen) atoms. The van der Waals surface area contributed by atoms with Crippen molar-refractivity contribution in [3.05, 3.63) is 0 Å². The number of hydrogen-bond donors (Lipinski definition) is 2. The van der Waals surface area contributed by atoms with Gasteiger partial charge in [-0.3, -0.25) is 10.1 Å². The lowest BCUT2D eigenvalue weighted by Gasteiger charge is -2.33. The lowest BCUT2D eigenvalue weighted by molar-refractivity contribution is -0.124. The molecule has 0 radical (unpaired) electrons.